The Morgan fingerprint density at radius 3 is 2.50 bits per heavy atom. The maximum Gasteiger partial charge on any atom is 0.325 e. The minimum atomic E-state index is -0.371. The van der Waals surface area contributed by atoms with Gasteiger partial charge in [-0.3, -0.25) is 9.59 Å². The maximum absolute atomic E-state index is 11.1. The first-order valence-electron chi connectivity index (χ1n) is 5.77. The largest absolute Gasteiger partial charge is 0.464 e. The van der Waals surface area contributed by atoms with Gasteiger partial charge in [0.05, 0.1) is 6.61 Å². The van der Waals surface area contributed by atoms with Gasteiger partial charge in [0.1, 0.15) is 6.54 Å². The second-order valence-corrected chi connectivity index (χ2v) is 4.75. The van der Waals surface area contributed by atoms with Gasteiger partial charge in [-0.15, -0.1) is 0 Å². The molecular weight excluding hydrogens is 206 g/mol. The van der Waals surface area contributed by atoms with E-state index in [-0.39, 0.29) is 19.8 Å². The third-order valence-corrected chi connectivity index (χ3v) is 2.70. The highest BCUT2D eigenvalue weighted by Crippen LogP contribution is 2.25. The molecule has 4 nitrogen and oxygen atoms in total. The molecule has 0 aromatic heterocycles. The predicted molar refractivity (Wildman–Crippen MR) is 65.1 cm³/mol. The van der Waals surface area contributed by atoms with E-state index < -0.39 is 0 Å². The van der Waals surface area contributed by atoms with Gasteiger partial charge in [0.25, 0.3) is 0 Å². The van der Waals surface area contributed by atoms with Crippen LogP contribution in [0.25, 0.3) is 0 Å². The van der Waals surface area contributed by atoms with Crippen LogP contribution in [-0.2, 0) is 14.3 Å². The van der Waals surface area contributed by atoms with E-state index in [1.165, 1.54) is 6.92 Å². The highest BCUT2D eigenvalue weighted by molar-refractivity contribution is 5.80. The van der Waals surface area contributed by atoms with Gasteiger partial charge in [-0.05, 0) is 18.3 Å². The van der Waals surface area contributed by atoms with Crippen molar-refractivity contribution in [3.63, 3.8) is 0 Å². The van der Waals surface area contributed by atoms with Crippen molar-refractivity contribution in [2.45, 2.75) is 47.0 Å². The third-order valence-electron chi connectivity index (χ3n) is 2.70. The number of ether oxygens (including phenoxy) is 1. The molecule has 0 aromatic rings. The number of hydrogen-bond donors (Lipinski definition) is 1. The molecule has 0 aliphatic carbocycles. The number of esters is 1. The molecule has 0 aliphatic rings. The summed E-state index contributed by atoms with van der Waals surface area (Å²) < 4.78 is 4.98. The van der Waals surface area contributed by atoms with E-state index >= 15 is 0 Å². The zero-order chi connectivity index (χ0) is 12.6. The fourth-order valence-corrected chi connectivity index (χ4v) is 1.16. The van der Waals surface area contributed by atoms with Crippen molar-refractivity contribution < 1.29 is 15.8 Å². The summed E-state index contributed by atoms with van der Waals surface area (Å²) in [6.07, 6.45) is 3.02. The third kappa shape index (κ3) is 8.26. The van der Waals surface area contributed by atoms with Crippen molar-refractivity contribution in [1.29, 1.82) is 0 Å². The van der Waals surface area contributed by atoms with Crippen molar-refractivity contribution >= 4 is 11.9 Å². The molecule has 0 spiro atoms. The first-order valence-corrected chi connectivity index (χ1v) is 5.77. The lowest BCUT2D eigenvalue weighted by Gasteiger charge is -2.21. The van der Waals surface area contributed by atoms with Crippen LogP contribution in [0.4, 0.5) is 0 Å². The Morgan fingerprint density at radius 1 is 1.38 bits per heavy atom. The molecule has 0 rings (SSSR count). The van der Waals surface area contributed by atoms with Gasteiger partial charge in [0.2, 0.25) is 5.91 Å². The summed E-state index contributed by atoms with van der Waals surface area (Å²) in [6.45, 7) is 8.33. The lowest BCUT2D eigenvalue weighted by Crippen LogP contribution is -2.28. The average molecular weight is 231 g/mol. The minimum Gasteiger partial charge on any atom is -0.464 e. The number of rotatable bonds is 7. The number of carbonyl (C=O) groups is 2. The van der Waals surface area contributed by atoms with Gasteiger partial charge in [-0.1, -0.05) is 27.2 Å². The Balaban J connectivity index is 0. The van der Waals surface area contributed by atoms with Gasteiger partial charge in [-0.25, -0.2) is 0 Å². The van der Waals surface area contributed by atoms with E-state index in [4.69, 9.17) is 4.74 Å². The Hall–Kier alpha value is -1.06. The predicted octanol–water partition coefficient (Wildman–Crippen LogP) is 2.13. The summed E-state index contributed by atoms with van der Waals surface area (Å²) in [5, 5.41) is 2.40. The molecule has 0 unspecified atom stereocenters. The fraction of sp³-hybridized carbons (Fsp3) is 0.833. The second-order valence-electron chi connectivity index (χ2n) is 4.75. The van der Waals surface area contributed by atoms with Crippen LogP contribution in [0.15, 0.2) is 0 Å². The maximum atomic E-state index is 11.1. The number of hydrogen-bond acceptors (Lipinski definition) is 3. The molecule has 0 heterocycles. The fourth-order valence-electron chi connectivity index (χ4n) is 1.16. The molecule has 0 aromatic carbocycles. The summed E-state index contributed by atoms with van der Waals surface area (Å²) >= 11 is 0. The van der Waals surface area contributed by atoms with E-state index in [0.29, 0.717) is 12.0 Å². The van der Waals surface area contributed by atoms with Crippen LogP contribution in [0.2, 0.25) is 0 Å². The zero-order valence-electron chi connectivity index (χ0n) is 10.8. The minimum absolute atomic E-state index is 0. The van der Waals surface area contributed by atoms with Crippen LogP contribution in [0.1, 0.15) is 48.4 Å². The summed E-state index contributed by atoms with van der Waals surface area (Å²) in [4.78, 5) is 21.6. The Bertz CT molecular complexity index is 242. The first-order chi connectivity index (χ1) is 7.37. The van der Waals surface area contributed by atoms with Crippen molar-refractivity contribution in [2.24, 2.45) is 5.41 Å². The van der Waals surface area contributed by atoms with Crippen molar-refractivity contribution in [3.05, 3.63) is 0 Å². The Morgan fingerprint density at radius 2 is 2.00 bits per heavy atom. The number of nitrogens with one attached hydrogen (secondary N) is 1. The topological polar surface area (TPSA) is 55.4 Å². The van der Waals surface area contributed by atoms with Crippen LogP contribution in [0.5, 0.6) is 0 Å². The molecule has 1 amide bonds. The summed E-state index contributed by atoms with van der Waals surface area (Å²) in [6, 6.07) is 0. The van der Waals surface area contributed by atoms with Crippen LogP contribution in [-0.4, -0.2) is 25.0 Å². The Labute approximate surface area is 99.2 Å². The van der Waals surface area contributed by atoms with Crippen molar-refractivity contribution in [2.75, 3.05) is 13.2 Å². The lowest BCUT2D eigenvalue weighted by molar-refractivity contribution is -0.144. The molecular formula is C12H25NO3. The molecule has 0 aliphatic heterocycles. The second kappa shape index (κ2) is 7.25. The molecule has 0 radical (unpaired) electrons. The highest BCUT2D eigenvalue weighted by Gasteiger charge is 2.14. The lowest BCUT2D eigenvalue weighted by atomic mass is 9.85. The Kier molecular flexibility index (Phi) is 6.77. The van der Waals surface area contributed by atoms with Crippen molar-refractivity contribution in [3.8, 4) is 0 Å². The van der Waals surface area contributed by atoms with Gasteiger partial charge >= 0.3 is 5.97 Å². The van der Waals surface area contributed by atoms with E-state index in [9.17, 15) is 9.59 Å². The molecule has 1 N–H and O–H groups in total. The van der Waals surface area contributed by atoms with Gasteiger partial charge in [0.15, 0.2) is 0 Å². The van der Waals surface area contributed by atoms with Gasteiger partial charge in [-0.2, -0.15) is 0 Å². The molecule has 0 saturated carbocycles. The van der Waals surface area contributed by atoms with Crippen LogP contribution < -0.4 is 5.32 Å². The molecule has 0 saturated heterocycles. The first kappa shape index (κ1) is 14.9. The standard InChI is InChI=1S/C12H23NO3.H2/c1-5-12(3,4)7-6-8-16-11(15)9-13-10(2)14;/h5-9H2,1-4H3,(H,13,14);1H. The summed E-state index contributed by atoms with van der Waals surface area (Å²) in [7, 11) is 0. The molecule has 16 heavy (non-hydrogen) atoms. The van der Waals surface area contributed by atoms with E-state index in [2.05, 4.69) is 26.1 Å². The number of amides is 1. The average Bonchev–Trinajstić information content (AvgIpc) is 2.21. The summed E-state index contributed by atoms with van der Waals surface area (Å²) in [5.41, 5.74) is 0.310. The highest BCUT2D eigenvalue weighted by atomic mass is 16.5. The summed E-state index contributed by atoms with van der Waals surface area (Å²) in [5.74, 6) is -0.589. The normalized spacial score (nSPS) is 11.0. The van der Waals surface area contributed by atoms with E-state index in [1.54, 1.807) is 0 Å². The number of carbonyl (C=O) groups excluding carboxylic acids is 2. The van der Waals surface area contributed by atoms with Gasteiger partial charge in [0, 0.05) is 8.35 Å². The molecule has 96 valence electrons. The van der Waals surface area contributed by atoms with Gasteiger partial charge < -0.3 is 10.1 Å². The molecule has 4 heteroatoms. The monoisotopic (exact) mass is 231 g/mol. The van der Waals surface area contributed by atoms with Crippen molar-refractivity contribution in [1.82, 2.24) is 5.32 Å². The van der Waals surface area contributed by atoms with E-state index in [0.717, 1.165) is 19.3 Å². The van der Waals surface area contributed by atoms with Crippen LogP contribution in [0, 0.1) is 5.41 Å². The zero-order valence-corrected chi connectivity index (χ0v) is 10.8. The van der Waals surface area contributed by atoms with Crippen LogP contribution in [0.3, 0.4) is 0 Å². The quantitative estimate of drug-likeness (QED) is 0.539. The molecule has 0 atom stereocenters. The molecule has 0 fully saturated rings. The van der Waals surface area contributed by atoms with E-state index in [1.807, 2.05) is 0 Å². The smallest absolute Gasteiger partial charge is 0.325 e. The molecule has 0 bridgehead atoms. The SMILES string of the molecule is CCC(C)(C)CCCOC(=O)CNC(C)=O.[HH]. The van der Waals surface area contributed by atoms with Crippen LogP contribution >= 0.6 is 0 Å².